The lowest BCUT2D eigenvalue weighted by atomic mass is 10.1. The molecule has 2 aliphatic heterocycles. The number of morpholine rings is 1. The smallest absolute Gasteiger partial charge is 0.317 e. The molecule has 2 fully saturated rings. The van der Waals surface area contributed by atoms with E-state index in [2.05, 4.69) is 15.2 Å². The van der Waals surface area contributed by atoms with Crippen LogP contribution in [0.1, 0.15) is 18.9 Å². The highest BCUT2D eigenvalue weighted by Crippen LogP contribution is 2.15. The number of pyridine rings is 1. The monoisotopic (exact) mass is 348 g/mol. The van der Waals surface area contributed by atoms with Crippen LogP contribution in [0.4, 0.5) is 10.6 Å². The van der Waals surface area contributed by atoms with Gasteiger partial charge in [-0.3, -0.25) is 0 Å². The molecule has 3 heterocycles. The predicted octanol–water partition coefficient (Wildman–Crippen LogP) is 1.49. The van der Waals surface area contributed by atoms with Gasteiger partial charge in [0.1, 0.15) is 5.82 Å². The van der Waals surface area contributed by atoms with Crippen molar-refractivity contribution >= 4 is 11.8 Å². The van der Waals surface area contributed by atoms with Crippen molar-refractivity contribution in [2.45, 2.75) is 19.9 Å². The molecule has 2 aliphatic rings. The van der Waals surface area contributed by atoms with Gasteiger partial charge in [0.25, 0.3) is 0 Å². The number of rotatable bonds is 6. The summed E-state index contributed by atoms with van der Waals surface area (Å²) in [5, 5.41) is 3.00. The molecule has 1 atom stereocenters. The number of hydrogen-bond donors (Lipinski definition) is 1. The Hall–Kier alpha value is -1.86. The molecule has 1 N–H and O–H groups in total. The molecule has 7 nitrogen and oxygen atoms in total. The molecule has 0 unspecified atom stereocenters. The molecule has 0 bridgehead atoms. The zero-order valence-corrected chi connectivity index (χ0v) is 14.9. The molecule has 7 heteroatoms. The van der Waals surface area contributed by atoms with Gasteiger partial charge in [-0.05, 0) is 25.0 Å². The second-order valence-corrected chi connectivity index (χ2v) is 6.55. The minimum absolute atomic E-state index is 0.0216. The first-order valence-electron chi connectivity index (χ1n) is 9.14. The average Bonchev–Trinajstić information content (AvgIpc) is 3.18. The topological polar surface area (TPSA) is 66.9 Å². The summed E-state index contributed by atoms with van der Waals surface area (Å²) in [6.45, 7) is 8.78. The van der Waals surface area contributed by atoms with Gasteiger partial charge in [0.2, 0.25) is 0 Å². The number of nitrogens with one attached hydrogen (secondary N) is 1. The lowest BCUT2D eigenvalue weighted by molar-refractivity contribution is 0.122. The van der Waals surface area contributed by atoms with Crippen molar-refractivity contribution in [2.75, 3.05) is 57.5 Å². The summed E-state index contributed by atoms with van der Waals surface area (Å²) in [6, 6.07) is 4.02. The Labute approximate surface area is 149 Å². The number of anilines is 1. The van der Waals surface area contributed by atoms with Gasteiger partial charge in [0.05, 0.1) is 19.8 Å². The zero-order valence-electron chi connectivity index (χ0n) is 14.9. The van der Waals surface area contributed by atoms with Crippen LogP contribution in [0, 0.1) is 5.92 Å². The number of amides is 2. The minimum Gasteiger partial charge on any atom is -0.381 e. The van der Waals surface area contributed by atoms with Gasteiger partial charge in [0.15, 0.2) is 0 Å². The van der Waals surface area contributed by atoms with Crippen LogP contribution >= 0.6 is 0 Å². The second-order valence-electron chi connectivity index (χ2n) is 6.55. The quantitative estimate of drug-likeness (QED) is 0.844. The summed E-state index contributed by atoms with van der Waals surface area (Å²) in [5.41, 5.74) is 1.01. The highest BCUT2D eigenvalue weighted by atomic mass is 16.5. The maximum Gasteiger partial charge on any atom is 0.317 e. The summed E-state index contributed by atoms with van der Waals surface area (Å²) < 4.78 is 10.8. The summed E-state index contributed by atoms with van der Waals surface area (Å²) >= 11 is 0. The average molecular weight is 348 g/mol. The molecule has 3 rings (SSSR count). The van der Waals surface area contributed by atoms with Crippen LogP contribution in [0.25, 0.3) is 0 Å². The molecule has 25 heavy (non-hydrogen) atoms. The molecule has 0 saturated carbocycles. The van der Waals surface area contributed by atoms with Crippen LogP contribution in [0.2, 0.25) is 0 Å². The lowest BCUT2D eigenvalue weighted by Gasteiger charge is -2.27. The van der Waals surface area contributed by atoms with Crippen molar-refractivity contribution in [3.8, 4) is 0 Å². The van der Waals surface area contributed by atoms with Gasteiger partial charge in [0, 0.05) is 51.4 Å². The van der Waals surface area contributed by atoms with Gasteiger partial charge in [-0.25, -0.2) is 9.78 Å². The Morgan fingerprint density at radius 2 is 2.16 bits per heavy atom. The molecule has 0 radical (unpaired) electrons. The molecule has 2 amide bonds. The van der Waals surface area contributed by atoms with Gasteiger partial charge in [-0.15, -0.1) is 0 Å². The molecule has 2 saturated heterocycles. The molecule has 138 valence electrons. The molecule has 1 aromatic heterocycles. The first-order chi connectivity index (χ1) is 12.3. The summed E-state index contributed by atoms with van der Waals surface area (Å²) in [6.07, 6.45) is 2.88. The Bertz CT molecular complexity index is 540. The number of urea groups is 1. The normalized spacial score (nSPS) is 20.5. The third kappa shape index (κ3) is 5.06. The lowest BCUT2D eigenvalue weighted by Crippen LogP contribution is -2.42. The number of ether oxygens (including phenoxy) is 2. The zero-order chi connectivity index (χ0) is 17.5. The Morgan fingerprint density at radius 3 is 2.80 bits per heavy atom. The van der Waals surface area contributed by atoms with E-state index < -0.39 is 0 Å². The van der Waals surface area contributed by atoms with Crippen molar-refractivity contribution in [3.63, 3.8) is 0 Å². The second kappa shape index (κ2) is 9.01. The molecule has 0 aromatic carbocycles. The molecule has 0 aliphatic carbocycles. The van der Waals surface area contributed by atoms with Crippen molar-refractivity contribution in [1.82, 2.24) is 15.2 Å². The van der Waals surface area contributed by atoms with Crippen LogP contribution in [-0.4, -0.2) is 68.5 Å². The van der Waals surface area contributed by atoms with E-state index in [1.54, 1.807) is 0 Å². The van der Waals surface area contributed by atoms with Crippen LogP contribution in [0.5, 0.6) is 0 Å². The van der Waals surface area contributed by atoms with Gasteiger partial charge in [-0.1, -0.05) is 6.07 Å². The van der Waals surface area contributed by atoms with Crippen molar-refractivity contribution in [2.24, 2.45) is 5.92 Å². The van der Waals surface area contributed by atoms with Crippen LogP contribution in [-0.2, 0) is 16.0 Å². The largest absolute Gasteiger partial charge is 0.381 e. The first-order valence-corrected chi connectivity index (χ1v) is 9.14. The van der Waals surface area contributed by atoms with Gasteiger partial charge >= 0.3 is 6.03 Å². The van der Waals surface area contributed by atoms with E-state index in [-0.39, 0.29) is 6.03 Å². The number of carbonyl (C=O) groups is 1. The maximum atomic E-state index is 12.4. The van der Waals surface area contributed by atoms with E-state index in [1.165, 1.54) is 0 Å². The third-order valence-corrected chi connectivity index (χ3v) is 4.76. The van der Waals surface area contributed by atoms with E-state index in [0.29, 0.717) is 19.0 Å². The van der Waals surface area contributed by atoms with E-state index in [9.17, 15) is 4.79 Å². The fourth-order valence-electron chi connectivity index (χ4n) is 3.18. The maximum absolute atomic E-state index is 12.4. The summed E-state index contributed by atoms with van der Waals surface area (Å²) in [5.74, 6) is 1.43. The first kappa shape index (κ1) is 17.9. The number of nitrogens with zero attached hydrogens (tertiary/aromatic N) is 3. The van der Waals surface area contributed by atoms with Crippen molar-refractivity contribution in [3.05, 3.63) is 23.9 Å². The fraction of sp³-hybridized carbons (Fsp3) is 0.667. The highest BCUT2D eigenvalue weighted by Gasteiger charge is 2.21. The van der Waals surface area contributed by atoms with Crippen molar-refractivity contribution in [1.29, 1.82) is 0 Å². The number of hydrogen-bond acceptors (Lipinski definition) is 5. The van der Waals surface area contributed by atoms with E-state index in [4.69, 9.17) is 9.47 Å². The summed E-state index contributed by atoms with van der Waals surface area (Å²) in [7, 11) is 0. The number of aromatic nitrogens is 1. The van der Waals surface area contributed by atoms with Gasteiger partial charge < -0.3 is 24.6 Å². The fourth-order valence-corrected chi connectivity index (χ4v) is 3.18. The van der Waals surface area contributed by atoms with Gasteiger partial charge in [-0.2, -0.15) is 0 Å². The van der Waals surface area contributed by atoms with E-state index in [0.717, 1.165) is 63.9 Å². The molecule has 1 aromatic rings. The Kier molecular flexibility index (Phi) is 6.47. The number of carbonyl (C=O) groups excluding carboxylic acids is 1. The molecular formula is C18H28N4O3. The molecular weight excluding hydrogens is 320 g/mol. The van der Waals surface area contributed by atoms with Crippen LogP contribution in [0.3, 0.4) is 0 Å². The standard InChI is InChI=1S/C18H28N4O3/c1-2-21(13-16-5-8-25-14-16)18(23)20-12-15-3-4-17(19-11-15)22-6-9-24-10-7-22/h3-4,11,16H,2,5-10,12-14H2,1H3,(H,20,23)/t16-/m1/s1. The SMILES string of the molecule is CCN(C[C@H]1CCOC1)C(=O)NCc1ccc(N2CCOCC2)nc1. The van der Waals surface area contributed by atoms with Crippen LogP contribution < -0.4 is 10.2 Å². The Balaban J connectivity index is 1.47. The van der Waals surface area contributed by atoms with Crippen LogP contribution in [0.15, 0.2) is 18.3 Å². The van der Waals surface area contributed by atoms with Crippen molar-refractivity contribution < 1.29 is 14.3 Å². The third-order valence-electron chi connectivity index (χ3n) is 4.76. The highest BCUT2D eigenvalue weighted by molar-refractivity contribution is 5.74. The predicted molar refractivity (Wildman–Crippen MR) is 95.7 cm³/mol. The Morgan fingerprint density at radius 1 is 1.32 bits per heavy atom. The van der Waals surface area contributed by atoms with E-state index in [1.807, 2.05) is 30.2 Å². The van der Waals surface area contributed by atoms with E-state index >= 15 is 0 Å². The molecule has 0 spiro atoms. The minimum atomic E-state index is -0.0216. The summed E-state index contributed by atoms with van der Waals surface area (Å²) in [4.78, 5) is 21.0.